The van der Waals surface area contributed by atoms with Crippen molar-refractivity contribution in [2.24, 2.45) is 0 Å². The number of nitrogens with one attached hydrogen (secondary N) is 1. The average Bonchev–Trinajstić information content (AvgIpc) is 2.04. The molecule has 12 heavy (non-hydrogen) atoms. The monoisotopic (exact) mass is 330 g/mol. The van der Waals surface area contributed by atoms with E-state index in [0.29, 0.717) is 11.2 Å². The standard InChI is InChI=1S/C7H4N3O.W/c11-6-4-9-5-2-1-3-8-7(5)10-6;/h1-2,4H,(H,8,10,11);/q-1;. The first-order valence-electron chi connectivity index (χ1n) is 3.08. The number of aromatic amines is 1. The second-order valence-electron chi connectivity index (χ2n) is 2.06. The third-order valence-electron chi connectivity index (χ3n) is 1.30. The van der Waals surface area contributed by atoms with Crippen LogP contribution in [-0.4, -0.2) is 15.0 Å². The third kappa shape index (κ3) is 1.59. The van der Waals surface area contributed by atoms with E-state index in [2.05, 4.69) is 21.1 Å². The summed E-state index contributed by atoms with van der Waals surface area (Å²) in [7, 11) is 0. The molecule has 1 N–H and O–H groups in total. The normalized spacial score (nSPS) is 9.33. The summed E-state index contributed by atoms with van der Waals surface area (Å²) in [5.41, 5.74) is 0.896. The minimum absolute atomic E-state index is 0. The summed E-state index contributed by atoms with van der Waals surface area (Å²) in [5.74, 6) is 0. The molecule has 0 unspecified atom stereocenters. The maximum atomic E-state index is 10.7. The zero-order valence-corrected chi connectivity index (χ0v) is 8.88. The zero-order chi connectivity index (χ0) is 7.68. The van der Waals surface area contributed by atoms with Gasteiger partial charge in [0.15, 0.2) is 0 Å². The minimum atomic E-state index is -0.246. The van der Waals surface area contributed by atoms with E-state index in [1.165, 1.54) is 6.20 Å². The number of H-pyrrole nitrogens is 1. The van der Waals surface area contributed by atoms with E-state index in [9.17, 15) is 4.79 Å². The van der Waals surface area contributed by atoms with Gasteiger partial charge in [-0.2, -0.15) is 6.07 Å². The predicted molar refractivity (Wildman–Crippen MR) is 39.0 cm³/mol. The van der Waals surface area contributed by atoms with Crippen LogP contribution >= 0.6 is 0 Å². The van der Waals surface area contributed by atoms with E-state index in [1.54, 1.807) is 12.1 Å². The molecule has 0 spiro atoms. The van der Waals surface area contributed by atoms with Gasteiger partial charge < -0.3 is 9.97 Å². The molecule has 0 atom stereocenters. The van der Waals surface area contributed by atoms with E-state index in [-0.39, 0.29) is 26.6 Å². The van der Waals surface area contributed by atoms with Crippen LogP contribution in [0.2, 0.25) is 0 Å². The summed E-state index contributed by atoms with van der Waals surface area (Å²) in [6.07, 6.45) is 3.83. The van der Waals surface area contributed by atoms with Gasteiger partial charge in [0, 0.05) is 26.7 Å². The van der Waals surface area contributed by atoms with Crippen LogP contribution in [0.15, 0.2) is 23.1 Å². The fourth-order valence-corrected chi connectivity index (χ4v) is 0.828. The van der Waals surface area contributed by atoms with Gasteiger partial charge in [0.1, 0.15) is 0 Å². The molecule has 4 nitrogen and oxygen atoms in total. The Morgan fingerprint density at radius 3 is 3.17 bits per heavy atom. The van der Waals surface area contributed by atoms with Crippen LogP contribution in [0.5, 0.6) is 0 Å². The molecule has 2 aromatic rings. The smallest absolute Gasteiger partial charge is 0.257 e. The molecular formula is C7H4N3OW-. The van der Waals surface area contributed by atoms with Gasteiger partial charge in [-0.3, -0.25) is 9.78 Å². The van der Waals surface area contributed by atoms with Crippen LogP contribution in [0.3, 0.4) is 0 Å². The molecule has 0 aliphatic rings. The van der Waals surface area contributed by atoms with Crippen molar-refractivity contribution in [3.63, 3.8) is 0 Å². The molecule has 0 fully saturated rings. The van der Waals surface area contributed by atoms with Gasteiger partial charge in [-0.25, -0.2) is 0 Å². The third-order valence-corrected chi connectivity index (χ3v) is 1.30. The Bertz CT molecular complexity index is 440. The predicted octanol–water partition coefficient (Wildman–Crippen LogP) is 0.116. The zero-order valence-electron chi connectivity index (χ0n) is 5.94. The number of pyridine rings is 1. The Kier molecular flexibility index (Phi) is 2.71. The molecule has 0 radical (unpaired) electrons. The molecule has 0 aliphatic carbocycles. The van der Waals surface area contributed by atoms with Crippen molar-refractivity contribution in [2.75, 3.05) is 0 Å². The molecule has 0 bridgehead atoms. The van der Waals surface area contributed by atoms with E-state index in [4.69, 9.17) is 0 Å². The van der Waals surface area contributed by atoms with Crippen molar-refractivity contribution in [1.82, 2.24) is 15.0 Å². The van der Waals surface area contributed by atoms with Crippen LogP contribution < -0.4 is 5.56 Å². The van der Waals surface area contributed by atoms with Crippen LogP contribution in [0, 0.1) is 6.20 Å². The first-order valence-corrected chi connectivity index (χ1v) is 3.08. The van der Waals surface area contributed by atoms with E-state index >= 15 is 0 Å². The van der Waals surface area contributed by atoms with Gasteiger partial charge >= 0.3 is 0 Å². The van der Waals surface area contributed by atoms with E-state index in [0.717, 1.165) is 0 Å². The van der Waals surface area contributed by atoms with Crippen LogP contribution in [-0.2, 0) is 21.1 Å². The quantitative estimate of drug-likeness (QED) is 0.698. The van der Waals surface area contributed by atoms with Gasteiger partial charge in [0.25, 0.3) is 5.56 Å². The summed E-state index contributed by atoms with van der Waals surface area (Å²) >= 11 is 0. The van der Waals surface area contributed by atoms with Crippen molar-refractivity contribution < 1.29 is 21.1 Å². The molecule has 2 aromatic heterocycles. The van der Waals surface area contributed by atoms with Gasteiger partial charge in [-0.15, -0.1) is 6.07 Å². The molecule has 0 aromatic carbocycles. The first kappa shape index (κ1) is 9.07. The number of aromatic nitrogens is 3. The van der Waals surface area contributed by atoms with Crippen LogP contribution in [0.1, 0.15) is 0 Å². The molecule has 0 amide bonds. The number of hydrogen-bond acceptors (Lipinski definition) is 3. The second-order valence-corrected chi connectivity index (χ2v) is 2.06. The van der Waals surface area contributed by atoms with Crippen LogP contribution in [0.4, 0.5) is 0 Å². The summed E-state index contributed by atoms with van der Waals surface area (Å²) in [6, 6.07) is 3.38. The second kappa shape index (κ2) is 3.59. The summed E-state index contributed by atoms with van der Waals surface area (Å²) in [5, 5.41) is 0. The number of nitrogens with zero attached hydrogens (tertiary/aromatic N) is 2. The number of rotatable bonds is 0. The SMILES string of the molecule is O=c1cnc2cc[c-]nc2[nH]1.[W]. The van der Waals surface area contributed by atoms with E-state index < -0.39 is 0 Å². The molecule has 60 valence electrons. The molecule has 0 saturated heterocycles. The largest absolute Gasteiger partial charge is 0.369 e. The van der Waals surface area contributed by atoms with Crippen molar-refractivity contribution in [2.45, 2.75) is 0 Å². The molecular weight excluding hydrogens is 326 g/mol. The Hall–Kier alpha value is -1.02. The topological polar surface area (TPSA) is 58.6 Å². The van der Waals surface area contributed by atoms with E-state index in [1.807, 2.05) is 0 Å². The maximum Gasteiger partial charge on any atom is 0.257 e. The summed E-state index contributed by atoms with van der Waals surface area (Å²) < 4.78 is 0. The molecule has 5 heteroatoms. The summed E-state index contributed by atoms with van der Waals surface area (Å²) in [4.78, 5) is 20.9. The van der Waals surface area contributed by atoms with Gasteiger partial charge in [-0.1, -0.05) is 6.20 Å². The van der Waals surface area contributed by atoms with Crippen molar-refractivity contribution in [3.8, 4) is 0 Å². The Labute approximate surface area is 82.3 Å². The Balaban J connectivity index is 0.000000720. The Morgan fingerprint density at radius 2 is 2.33 bits per heavy atom. The number of hydrogen-bond donors (Lipinski definition) is 1. The molecule has 0 saturated carbocycles. The fraction of sp³-hybridized carbons (Fsp3) is 0. The van der Waals surface area contributed by atoms with Gasteiger partial charge in [0.05, 0.1) is 6.20 Å². The van der Waals surface area contributed by atoms with Crippen molar-refractivity contribution in [1.29, 1.82) is 0 Å². The molecule has 2 rings (SSSR count). The van der Waals surface area contributed by atoms with Crippen molar-refractivity contribution in [3.05, 3.63) is 34.9 Å². The molecule has 0 aliphatic heterocycles. The maximum absolute atomic E-state index is 10.7. The average molecular weight is 330 g/mol. The molecule has 2 heterocycles. The van der Waals surface area contributed by atoms with Crippen molar-refractivity contribution >= 4 is 11.2 Å². The van der Waals surface area contributed by atoms with Crippen LogP contribution in [0.25, 0.3) is 11.2 Å². The first-order chi connectivity index (χ1) is 5.36. The Morgan fingerprint density at radius 1 is 1.50 bits per heavy atom. The number of fused-ring (bicyclic) bond motifs is 1. The minimum Gasteiger partial charge on any atom is -0.369 e. The van der Waals surface area contributed by atoms with Gasteiger partial charge in [0.2, 0.25) is 0 Å². The summed E-state index contributed by atoms with van der Waals surface area (Å²) in [6.45, 7) is 0. The fourth-order valence-electron chi connectivity index (χ4n) is 0.828. The van der Waals surface area contributed by atoms with Gasteiger partial charge in [-0.05, 0) is 5.52 Å².